The van der Waals surface area contributed by atoms with Gasteiger partial charge in [-0.15, -0.1) is 12.4 Å². The van der Waals surface area contributed by atoms with Gasteiger partial charge in [-0.1, -0.05) is 0 Å². The van der Waals surface area contributed by atoms with E-state index in [1.54, 1.807) is 35.5 Å². The maximum atomic E-state index is 12.2. The average Bonchev–Trinajstić information content (AvgIpc) is 2.92. The number of amides is 2. The highest BCUT2D eigenvalue weighted by Gasteiger charge is 2.21. The lowest BCUT2D eigenvalue weighted by molar-refractivity contribution is -0.127. The first kappa shape index (κ1) is 15.2. The topological polar surface area (TPSA) is 62.3 Å². The number of nitrogens with zero attached hydrogens (tertiary/aromatic N) is 2. The maximum absolute atomic E-state index is 12.2. The summed E-state index contributed by atoms with van der Waals surface area (Å²) >= 11 is 0. The molecule has 0 bridgehead atoms. The highest BCUT2D eigenvalue weighted by molar-refractivity contribution is 5.99. The van der Waals surface area contributed by atoms with Crippen molar-refractivity contribution in [2.45, 2.75) is 12.8 Å². The van der Waals surface area contributed by atoms with Crippen molar-refractivity contribution in [1.82, 2.24) is 15.2 Å². The molecule has 102 valence electrons. The third-order valence-corrected chi connectivity index (χ3v) is 2.86. The summed E-state index contributed by atoms with van der Waals surface area (Å²) in [6, 6.07) is 3.56. The Labute approximate surface area is 118 Å². The first-order chi connectivity index (χ1) is 8.81. The average molecular weight is 282 g/mol. The summed E-state index contributed by atoms with van der Waals surface area (Å²) in [4.78, 5) is 28.4. The zero-order valence-corrected chi connectivity index (χ0v) is 11.2. The number of carbonyl (C=O) groups is 2. The summed E-state index contributed by atoms with van der Waals surface area (Å²) < 4.78 is 0. The zero-order valence-electron chi connectivity index (χ0n) is 10.4. The largest absolute Gasteiger partial charge is 0.337 e. The molecule has 5 nitrogen and oxygen atoms in total. The van der Waals surface area contributed by atoms with Gasteiger partial charge in [-0.05, 0) is 36.6 Å². The standard InChI is InChI=1S/C13H15N3O2.ClH/c17-10-15-12(9-11-3-5-14-6-4-11)13(18)16-7-1-2-8-16;/h3-6,9-10H,1-2,7-8H2,(H,15,17);1H/b12-9-;. The molecule has 1 saturated heterocycles. The van der Waals surface area contributed by atoms with Crippen molar-refractivity contribution in [2.75, 3.05) is 13.1 Å². The van der Waals surface area contributed by atoms with E-state index in [0.29, 0.717) is 12.1 Å². The second-order valence-corrected chi connectivity index (χ2v) is 4.10. The SMILES string of the molecule is Cl.O=CN/C(=C\c1ccncc1)C(=O)N1CCCC1. The van der Waals surface area contributed by atoms with Crippen LogP contribution < -0.4 is 5.32 Å². The third kappa shape index (κ3) is 4.06. The number of halogens is 1. The molecule has 2 amide bonds. The molecule has 0 spiro atoms. The molecule has 0 aromatic carbocycles. The van der Waals surface area contributed by atoms with Crippen LogP contribution in [0.15, 0.2) is 30.2 Å². The van der Waals surface area contributed by atoms with Gasteiger partial charge in [-0.3, -0.25) is 14.6 Å². The van der Waals surface area contributed by atoms with Gasteiger partial charge in [-0.25, -0.2) is 0 Å². The van der Waals surface area contributed by atoms with Crippen LogP contribution in [0, 0.1) is 0 Å². The van der Waals surface area contributed by atoms with Gasteiger partial charge in [0.1, 0.15) is 5.70 Å². The molecule has 1 aliphatic heterocycles. The van der Waals surface area contributed by atoms with Crippen molar-refractivity contribution in [3.63, 3.8) is 0 Å². The lowest BCUT2D eigenvalue weighted by atomic mass is 10.2. The number of aromatic nitrogens is 1. The quantitative estimate of drug-likeness (QED) is 0.667. The Morgan fingerprint density at radius 1 is 1.26 bits per heavy atom. The number of carbonyl (C=O) groups excluding carboxylic acids is 2. The van der Waals surface area contributed by atoms with Crippen LogP contribution in [0.25, 0.3) is 6.08 Å². The zero-order chi connectivity index (χ0) is 12.8. The van der Waals surface area contributed by atoms with Crippen molar-refractivity contribution >= 4 is 30.8 Å². The predicted octanol–water partition coefficient (Wildman–Crippen LogP) is 1.21. The molecule has 6 heteroatoms. The summed E-state index contributed by atoms with van der Waals surface area (Å²) in [5.41, 5.74) is 1.14. The Balaban J connectivity index is 0.00000180. The minimum atomic E-state index is -0.128. The van der Waals surface area contributed by atoms with E-state index in [0.717, 1.165) is 31.5 Å². The Bertz CT molecular complexity index is 456. The number of hydrogen-bond donors (Lipinski definition) is 1. The van der Waals surface area contributed by atoms with Gasteiger partial charge in [0, 0.05) is 25.5 Å². The van der Waals surface area contributed by atoms with E-state index < -0.39 is 0 Å². The third-order valence-electron chi connectivity index (χ3n) is 2.86. The van der Waals surface area contributed by atoms with Crippen molar-refractivity contribution in [3.8, 4) is 0 Å². The Hall–Kier alpha value is -1.88. The number of nitrogens with one attached hydrogen (secondary N) is 1. The molecule has 1 aromatic heterocycles. The van der Waals surface area contributed by atoms with E-state index in [2.05, 4.69) is 10.3 Å². The van der Waals surface area contributed by atoms with Crippen LogP contribution in [0.2, 0.25) is 0 Å². The Morgan fingerprint density at radius 3 is 2.47 bits per heavy atom. The lowest BCUT2D eigenvalue weighted by Crippen LogP contribution is -2.33. The van der Waals surface area contributed by atoms with Crippen LogP contribution in [0.4, 0.5) is 0 Å². The van der Waals surface area contributed by atoms with Crippen LogP contribution in [-0.4, -0.2) is 35.3 Å². The summed E-state index contributed by atoms with van der Waals surface area (Å²) in [5.74, 6) is -0.128. The van der Waals surface area contributed by atoms with Crippen LogP contribution in [0.5, 0.6) is 0 Å². The molecule has 1 fully saturated rings. The second kappa shape index (κ2) is 7.53. The van der Waals surface area contributed by atoms with E-state index >= 15 is 0 Å². The molecule has 2 heterocycles. The van der Waals surface area contributed by atoms with Crippen molar-refractivity contribution < 1.29 is 9.59 Å². The van der Waals surface area contributed by atoms with Crippen LogP contribution in [0.3, 0.4) is 0 Å². The van der Waals surface area contributed by atoms with Crippen LogP contribution >= 0.6 is 12.4 Å². The van der Waals surface area contributed by atoms with Gasteiger partial charge >= 0.3 is 0 Å². The van der Waals surface area contributed by atoms with E-state index in [1.807, 2.05) is 0 Å². The highest BCUT2D eigenvalue weighted by atomic mass is 35.5. The Morgan fingerprint density at radius 2 is 1.89 bits per heavy atom. The first-order valence-electron chi connectivity index (χ1n) is 5.92. The van der Waals surface area contributed by atoms with E-state index in [1.165, 1.54) is 0 Å². The first-order valence-corrected chi connectivity index (χ1v) is 5.92. The summed E-state index contributed by atoms with van der Waals surface area (Å²) in [6.07, 6.45) is 7.53. The summed E-state index contributed by atoms with van der Waals surface area (Å²) in [7, 11) is 0. The van der Waals surface area contributed by atoms with Crippen LogP contribution in [-0.2, 0) is 9.59 Å². The molecule has 0 aliphatic carbocycles. The van der Waals surface area contributed by atoms with E-state index in [4.69, 9.17) is 0 Å². The highest BCUT2D eigenvalue weighted by Crippen LogP contribution is 2.12. The lowest BCUT2D eigenvalue weighted by Gasteiger charge is -2.16. The number of pyridine rings is 1. The molecule has 1 aromatic rings. The van der Waals surface area contributed by atoms with Crippen molar-refractivity contribution in [3.05, 3.63) is 35.8 Å². The molecule has 19 heavy (non-hydrogen) atoms. The van der Waals surface area contributed by atoms with Gasteiger partial charge in [0.25, 0.3) is 5.91 Å². The Kier molecular flexibility index (Phi) is 6.02. The fraction of sp³-hybridized carbons (Fsp3) is 0.308. The molecule has 0 unspecified atom stereocenters. The minimum Gasteiger partial charge on any atom is -0.337 e. The van der Waals surface area contributed by atoms with Gasteiger partial charge in [0.2, 0.25) is 6.41 Å². The van der Waals surface area contributed by atoms with Crippen LogP contribution in [0.1, 0.15) is 18.4 Å². The molecular formula is C13H16ClN3O2. The molecule has 2 rings (SSSR count). The second-order valence-electron chi connectivity index (χ2n) is 4.10. The van der Waals surface area contributed by atoms with E-state index in [-0.39, 0.29) is 18.3 Å². The molecule has 1 aliphatic rings. The molecular weight excluding hydrogens is 266 g/mol. The van der Waals surface area contributed by atoms with Crippen molar-refractivity contribution in [2.24, 2.45) is 0 Å². The monoisotopic (exact) mass is 281 g/mol. The molecule has 0 saturated carbocycles. The summed E-state index contributed by atoms with van der Waals surface area (Å²) in [6.45, 7) is 1.51. The van der Waals surface area contributed by atoms with Gasteiger partial charge in [-0.2, -0.15) is 0 Å². The predicted molar refractivity (Wildman–Crippen MR) is 74.5 cm³/mol. The fourth-order valence-electron chi connectivity index (χ4n) is 1.95. The number of rotatable bonds is 4. The molecule has 0 radical (unpaired) electrons. The van der Waals surface area contributed by atoms with Crippen molar-refractivity contribution in [1.29, 1.82) is 0 Å². The summed E-state index contributed by atoms with van der Waals surface area (Å²) in [5, 5.41) is 2.48. The molecule has 0 atom stereocenters. The maximum Gasteiger partial charge on any atom is 0.270 e. The number of likely N-dealkylation sites (tertiary alicyclic amines) is 1. The minimum absolute atomic E-state index is 0. The molecule has 1 N–H and O–H groups in total. The van der Waals surface area contributed by atoms with Gasteiger partial charge < -0.3 is 10.2 Å². The van der Waals surface area contributed by atoms with Gasteiger partial charge in [0.05, 0.1) is 0 Å². The number of hydrogen-bond acceptors (Lipinski definition) is 3. The smallest absolute Gasteiger partial charge is 0.270 e. The van der Waals surface area contributed by atoms with Gasteiger partial charge in [0.15, 0.2) is 0 Å². The fourth-order valence-corrected chi connectivity index (χ4v) is 1.95. The normalized spacial score (nSPS) is 14.7. The van der Waals surface area contributed by atoms with E-state index in [9.17, 15) is 9.59 Å².